The van der Waals surface area contributed by atoms with Gasteiger partial charge < -0.3 is 9.57 Å². The average Bonchev–Trinajstić information content (AvgIpc) is 2.85. The van der Waals surface area contributed by atoms with E-state index in [1.165, 1.54) is 12.1 Å². The molecule has 7 heteroatoms. The Balaban J connectivity index is 1.90. The number of nitro benzene ring substituents is 1. The lowest BCUT2D eigenvalue weighted by Gasteiger charge is -2.21. The Kier molecular flexibility index (Phi) is 4.65. The molecule has 0 N–H and O–H groups in total. The van der Waals surface area contributed by atoms with E-state index in [0.717, 1.165) is 0 Å². The molecule has 7 nitrogen and oxygen atoms in total. The van der Waals surface area contributed by atoms with Crippen molar-refractivity contribution in [2.24, 2.45) is 5.41 Å². The van der Waals surface area contributed by atoms with Crippen LogP contribution in [0.25, 0.3) is 0 Å². The van der Waals surface area contributed by atoms with Gasteiger partial charge in [-0.25, -0.2) is 4.79 Å². The quantitative estimate of drug-likeness (QED) is 0.628. The summed E-state index contributed by atoms with van der Waals surface area (Å²) in [6, 6.07) is 6.07. The maximum Gasteiger partial charge on any atom is 0.330 e. The van der Waals surface area contributed by atoms with Crippen molar-refractivity contribution >= 4 is 11.7 Å². The molecule has 2 rings (SSSR count). The first-order valence-corrected chi connectivity index (χ1v) is 7.14. The Morgan fingerprint density at radius 3 is 2.77 bits per heavy atom. The van der Waals surface area contributed by atoms with Crippen LogP contribution in [0.2, 0.25) is 0 Å². The molecule has 1 fully saturated rings. The van der Waals surface area contributed by atoms with E-state index in [9.17, 15) is 14.9 Å². The summed E-state index contributed by atoms with van der Waals surface area (Å²) in [6.07, 6.45) is 0.537. The molecule has 0 aromatic heterocycles. The van der Waals surface area contributed by atoms with Crippen LogP contribution in [-0.4, -0.2) is 35.1 Å². The summed E-state index contributed by atoms with van der Waals surface area (Å²) >= 11 is 0. The summed E-state index contributed by atoms with van der Waals surface area (Å²) in [4.78, 5) is 27.4. The van der Waals surface area contributed by atoms with Crippen molar-refractivity contribution in [3.05, 3.63) is 34.4 Å². The molecular formula is C15H20N2O5. The summed E-state index contributed by atoms with van der Waals surface area (Å²) < 4.78 is 5.73. The van der Waals surface area contributed by atoms with E-state index < -0.39 is 10.3 Å². The van der Waals surface area contributed by atoms with E-state index in [-0.39, 0.29) is 17.8 Å². The topological polar surface area (TPSA) is 81.9 Å². The van der Waals surface area contributed by atoms with E-state index in [0.29, 0.717) is 25.3 Å². The van der Waals surface area contributed by atoms with Crippen LogP contribution in [0.1, 0.15) is 27.2 Å². The molecular weight excluding hydrogens is 288 g/mol. The second kappa shape index (κ2) is 6.31. The number of hydroxylamine groups is 2. The third-order valence-corrected chi connectivity index (χ3v) is 3.26. The fourth-order valence-corrected chi connectivity index (χ4v) is 1.99. The molecule has 1 aliphatic heterocycles. The van der Waals surface area contributed by atoms with Gasteiger partial charge in [0.15, 0.2) is 0 Å². The van der Waals surface area contributed by atoms with Gasteiger partial charge in [0.2, 0.25) is 0 Å². The van der Waals surface area contributed by atoms with Crippen molar-refractivity contribution in [3.63, 3.8) is 0 Å². The number of carbonyl (C=O) groups is 1. The minimum absolute atomic E-state index is 0.00786. The standard InChI is InChI=1S/C15H20N2O5/c1-15(2,3)14(18)22-16-8-7-13(10-16)21-12-6-4-5-11(9-12)17(19)20/h4-6,9,13H,7-8,10H2,1-3H3/t13-/m1/s1. The third kappa shape index (κ3) is 4.17. The molecule has 120 valence electrons. The van der Waals surface area contributed by atoms with Crippen molar-refractivity contribution in [2.45, 2.75) is 33.3 Å². The van der Waals surface area contributed by atoms with Crippen molar-refractivity contribution in [1.82, 2.24) is 5.06 Å². The Bertz CT molecular complexity index is 567. The van der Waals surface area contributed by atoms with Crippen LogP contribution < -0.4 is 4.74 Å². The van der Waals surface area contributed by atoms with E-state index in [2.05, 4.69) is 0 Å². The van der Waals surface area contributed by atoms with E-state index in [1.807, 2.05) is 0 Å². The largest absolute Gasteiger partial charge is 0.489 e. The van der Waals surface area contributed by atoms with Crippen molar-refractivity contribution in [3.8, 4) is 5.75 Å². The summed E-state index contributed by atoms with van der Waals surface area (Å²) in [7, 11) is 0. The van der Waals surface area contributed by atoms with Gasteiger partial charge >= 0.3 is 5.97 Å². The van der Waals surface area contributed by atoms with Gasteiger partial charge in [0, 0.05) is 19.0 Å². The molecule has 0 bridgehead atoms. The highest BCUT2D eigenvalue weighted by Gasteiger charge is 2.31. The van der Waals surface area contributed by atoms with Crippen LogP contribution in [0.4, 0.5) is 5.69 Å². The summed E-state index contributed by atoms with van der Waals surface area (Å²) in [5.41, 5.74) is -0.564. The Labute approximate surface area is 128 Å². The molecule has 0 aliphatic carbocycles. The van der Waals surface area contributed by atoms with Crippen molar-refractivity contribution < 1.29 is 19.3 Å². The summed E-state index contributed by atoms with van der Waals surface area (Å²) in [6.45, 7) is 6.42. The number of ether oxygens (including phenoxy) is 1. The molecule has 1 aliphatic rings. The molecule has 1 aromatic carbocycles. The SMILES string of the molecule is CC(C)(C)C(=O)ON1CC[C@@H](Oc2cccc([N+](=O)[O-])c2)C1. The highest BCUT2D eigenvalue weighted by molar-refractivity contribution is 5.75. The number of carbonyl (C=O) groups excluding carboxylic acids is 1. The first-order chi connectivity index (χ1) is 10.3. The number of hydrogen-bond donors (Lipinski definition) is 0. The highest BCUT2D eigenvalue weighted by atomic mass is 16.7. The minimum Gasteiger partial charge on any atom is -0.489 e. The molecule has 0 unspecified atom stereocenters. The minimum atomic E-state index is -0.557. The van der Waals surface area contributed by atoms with Gasteiger partial charge in [-0.3, -0.25) is 10.1 Å². The van der Waals surface area contributed by atoms with Crippen LogP contribution >= 0.6 is 0 Å². The zero-order valence-corrected chi connectivity index (χ0v) is 12.9. The van der Waals surface area contributed by atoms with Gasteiger partial charge in [-0.1, -0.05) is 6.07 Å². The first-order valence-electron chi connectivity index (χ1n) is 7.14. The smallest absolute Gasteiger partial charge is 0.330 e. The Morgan fingerprint density at radius 2 is 2.14 bits per heavy atom. The number of nitro groups is 1. The number of benzene rings is 1. The van der Waals surface area contributed by atoms with Crippen LogP contribution in [-0.2, 0) is 9.63 Å². The monoisotopic (exact) mass is 308 g/mol. The van der Waals surface area contributed by atoms with Crippen LogP contribution in [0.15, 0.2) is 24.3 Å². The van der Waals surface area contributed by atoms with E-state index in [4.69, 9.17) is 9.57 Å². The number of non-ortho nitro benzene ring substituents is 1. The maximum atomic E-state index is 11.8. The van der Waals surface area contributed by atoms with Gasteiger partial charge in [-0.05, 0) is 26.8 Å². The zero-order valence-electron chi connectivity index (χ0n) is 12.9. The summed E-state index contributed by atoms with van der Waals surface area (Å²) in [5.74, 6) is 0.159. The van der Waals surface area contributed by atoms with Gasteiger partial charge in [0.05, 0.1) is 22.9 Å². The van der Waals surface area contributed by atoms with E-state index >= 15 is 0 Å². The molecule has 1 heterocycles. The molecule has 22 heavy (non-hydrogen) atoms. The van der Waals surface area contributed by atoms with Gasteiger partial charge in [0.1, 0.15) is 11.9 Å². The molecule has 0 amide bonds. The number of rotatable bonds is 4. The molecule has 0 spiro atoms. The molecule has 0 radical (unpaired) electrons. The first kappa shape index (κ1) is 16.2. The van der Waals surface area contributed by atoms with Crippen molar-refractivity contribution in [2.75, 3.05) is 13.1 Å². The number of hydrogen-bond acceptors (Lipinski definition) is 6. The fraction of sp³-hybridized carbons (Fsp3) is 0.533. The molecule has 1 aromatic rings. The van der Waals surface area contributed by atoms with Gasteiger partial charge in [-0.2, -0.15) is 0 Å². The maximum absolute atomic E-state index is 11.8. The predicted octanol–water partition coefficient (Wildman–Crippen LogP) is 2.55. The Morgan fingerprint density at radius 1 is 1.41 bits per heavy atom. The molecule has 0 saturated carbocycles. The summed E-state index contributed by atoms with van der Waals surface area (Å²) in [5, 5.41) is 12.3. The van der Waals surface area contributed by atoms with Crippen LogP contribution in [0.3, 0.4) is 0 Å². The number of nitrogens with zero attached hydrogens (tertiary/aromatic N) is 2. The second-order valence-corrected chi connectivity index (χ2v) is 6.30. The second-order valence-electron chi connectivity index (χ2n) is 6.30. The lowest BCUT2D eigenvalue weighted by atomic mass is 9.98. The average molecular weight is 308 g/mol. The van der Waals surface area contributed by atoms with Gasteiger partial charge in [0.25, 0.3) is 5.69 Å². The molecule has 1 atom stereocenters. The predicted molar refractivity (Wildman–Crippen MR) is 79.2 cm³/mol. The third-order valence-electron chi connectivity index (χ3n) is 3.26. The molecule has 1 saturated heterocycles. The van der Waals surface area contributed by atoms with Crippen molar-refractivity contribution in [1.29, 1.82) is 0 Å². The van der Waals surface area contributed by atoms with Gasteiger partial charge in [-0.15, -0.1) is 5.06 Å². The lowest BCUT2D eigenvalue weighted by Crippen LogP contribution is -2.33. The van der Waals surface area contributed by atoms with E-state index in [1.54, 1.807) is 38.0 Å². The lowest BCUT2D eigenvalue weighted by molar-refractivity contribution is -0.384. The Hall–Kier alpha value is -2.15. The fourth-order valence-electron chi connectivity index (χ4n) is 1.99. The normalized spacial score (nSPS) is 19.0. The van der Waals surface area contributed by atoms with Crippen LogP contribution in [0, 0.1) is 15.5 Å². The zero-order chi connectivity index (χ0) is 16.3. The van der Waals surface area contributed by atoms with Crippen LogP contribution in [0.5, 0.6) is 5.75 Å². The highest BCUT2D eigenvalue weighted by Crippen LogP contribution is 2.24.